The van der Waals surface area contributed by atoms with Crippen LogP contribution >= 0.6 is 0 Å². The molecule has 0 aromatic rings. The zero-order chi connectivity index (χ0) is 36.7. The maximum atomic E-state index is 14.7. The molecule has 48 heavy (non-hydrogen) atoms. The Morgan fingerprint density at radius 3 is 1.35 bits per heavy atom. The Labute approximate surface area is 272 Å². The highest BCUT2D eigenvalue weighted by atomic mass is 19.4. The summed E-state index contributed by atoms with van der Waals surface area (Å²) in [6.07, 6.45) is -2.67. The summed E-state index contributed by atoms with van der Waals surface area (Å²) in [4.78, 5) is 12.0. The Kier molecular flexibility index (Phi) is 22.5. The number of rotatable bonds is 30. The second kappa shape index (κ2) is 23.4. The van der Waals surface area contributed by atoms with E-state index >= 15 is 0 Å². The minimum atomic E-state index is -7.66. The molecule has 0 aliphatic rings. The number of methoxy groups -OCH3 is 1. The topological polar surface area (TPSA) is 81.7 Å². The third-order valence-electron chi connectivity index (χ3n) is 6.37. The van der Waals surface area contributed by atoms with Gasteiger partial charge in [0.15, 0.2) is 5.76 Å². The van der Waals surface area contributed by atoms with Gasteiger partial charge in [-0.1, -0.05) is 51.9 Å². The SMILES string of the molecule is CCCCCCCCCCO/C(=C\C(=O)OCCOCCOCCOCCOCCOC)C(F)(F)C(F)(F)C(F)(F)C(F)(F)C(F)(F)F. The van der Waals surface area contributed by atoms with Gasteiger partial charge in [-0.3, -0.25) is 0 Å². The van der Waals surface area contributed by atoms with Gasteiger partial charge in [0.25, 0.3) is 0 Å². The molecule has 0 aliphatic heterocycles. The van der Waals surface area contributed by atoms with E-state index in [0.29, 0.717) is 32.8 Å². The van der Waals surface area contributed by atoms with Crippen LogP contribution in [0, 0.1) is 0 Å². The number of allylic oxidation sites excluding steroid dienone is 1. The number of halogens is 11. The number of carbonyl (C=O) groups excluding carboxylic acids is 1. The standard InChI is InChI=1S/C29H45F11O8/c1-3-4-5-6-7-8-9-10-11-47-23(25(30,31)26(32,33)27(34,35)28(36,37)29(38,39)40)22-24(41)48-21-20-46-19-18-45-17-16-44-15-14-43-13-12-42-2/h22H,3-21H2,1-2H3/b23-22-. The van der Waals surface area contributed by atoms with E-state index in [0.717, 1.165) is 32.1 Å². The second-order valence-corrected chi connectivity index (χ2v) is 10.2. The van der Waals surface area contributed by atoms with Crippen molar-refractivity contribution in [2.45, 2.75) is 88.2 Å². The summed E-state index contributed by atoms with van der Waals surface area (Å²) < 4.78 is 184. The van der Waals surface area contributed by atoms with Crippen molar-refractivity contribution in [1.82, 2.24) is 0 Å². The fourth-order valence-corrected chi connectivity index (χ4v) is 3.62. The molecule has 0 saturated heterocycles. The summed E-state index contributed by atoms with van der Waals surface area (Å²) in [5, 5.41) is 0. The molecule has 0 aliphatic carbocycles. The summed E-state index contributed by atoms with van der Waals surface area (Å²) in [5.74, 6) is -33.6. The van der Waals surface area contributed by atoms with Crippen LogP contribution < -0.4 is 0 Å². The molecule has 0 unspecified atom stereocenters. The van der Waals surface area contributed by atoms with Crippen LogP contribution in [0.15, 0.2) is 11.8 Å². The Bertz CT molecular complexity index is 888. The van der Waals surface area contributed by atoms with Gasteiger partial charge in [-0.2, -0.15) is 48.3 Å². The number of esters is 1. The number of hydrogen-bond donors (Lipinski definition) is 0. The van der Waals surface area contributed by atoms with Crippen LogP contribution in [0.4, 0.5) is 48.3 Å². The first kappa shape index (κ1) is 46.0. The van der Waals surface area contributed by atoms with E-state index in [1.165, 1.54) is 7.11 Å². The Morgan fingerprint density at radius 2 is 0.917 bits per heavy atom. The van der Waals surface area contributed by atoms with Gasteiger partial charge >= 0.3 is 35.8 Å². The predicted molar refractivity (Wildman–Crippen MR) is 149 cm³/mol. The van der Waals surface area contributed by atoms with Crippen LogP contribution in [0.3, 0.4) is 0 Å². The summed E-state index contributed by atoms with van der Waals surface area (Å²) >= 11 is 0. The van der Waals surface area contributed by atoms with Crippen LogP contribution in [-0.4, -0.2) is 116 Å². The first-order chi connectivity index (χ1) is 22.4. The van der Waals surface area contributed by atoms with E-state index in [2.05, 4.69) is 9.47 Å². The molecule has 0 N–H and O–H groups in total. The molecule has 0 bridgehead atoms. The van der Waals surface area contributed by atoms with Crippen molar-refractivity contribution < 1.29 is 86.2 Å². The van der Waals surface area contributed by atoms with Crippen molar-refractivity contribution >= 4 is 5.97 Å². The maximum Gasteiger partial charge on any atom is 0.460 e. The lowest BCUT2D eigenvalue weighted by atomic mass is 9.96. The van der Waals surface area contributed by atoms with Crippen molar-refractivity contribution in [3.63, 3.8) is 0 Å². The number of ether oxygens (including phenoxy) is 7. The zero-order valence-corrected chi connectivity index (χ0v) is 26.9. The number of carbonyl (C=O) groups is 1. The predicted octanol–water partition coefficient (Wildman–Crippen LogP) is 7.39. The molecule has 0 saturated carbocycles. The van der Waals surface area contributed by atoms with E-state index < -0.39 is 60.9 Å². The van der Waals surface area contributed by atoms with Gasteiger partial charge in [0, 0.05) is 7.11 Å². The van der Waals surface area contributed by atoms with Crippen LogP contribution in [-0.2, 0) is 38.0 Å². The maximum absolute atomic E-state index is 14.7. The summed E-state index contributed by atoms with van der Waals surface area (Å²) in [5.41, 5.74) is 0. The average molecular weight is 731 g/mol. The lowest BCUT2D eigenvalue weighted by Crippen LogP contribution is -2.66. The van der Waals surface area contributed by atoms with Gasteiger partial charge in [0.1, 0.15) is 6.61 Å². The molecule has 8 nitrogen and oxygen atoms in total. The van der Waals surface area contributed by atoms with E-state index in [1.807, 2.05) is 6.92 Å². The lowest BCUT2D eigenvalue weighted by Gasteiger charge is -2.37. The van der Waals surface area contributed by atoms with Gasteiger partial charge in [-0.25, -0.2) is 4.79 Å². The summed E-state index contributed by atoms with van der Waals surface area (Å²) in [6, 6.07) is 0. The van der Waals surface area contributed by atoms with Gasteiger partial charge in [0.2, 0.25) is 0 Å². The van der Waals surface area contributed by atoms with Crippen molar-refractivity contribution in [2.75, 3.05) is 79.8 Å². The minimum Gasteiger partial charge on any atom is -0.491 e. The first-order valence-corrected chi connectivity index (χ1v) is 15.3. The number of alkyl halides is 11. The minimum absolute atomic E-state index is 0.0483. The molecular weight excluding hydrogens is 685 g/mol. The molecule has 19 heteroatoms. The molecule has 286 valence electrons. The Balaban J connectivity index is 5.11. The van der Waals surface area contributed by atoms with E-state index in [4.69, 9.17) is 23.7 Å². The molecule has 0 aromatic heterocycles. The van der Waals surface area contributed by atoms with E-state index in [9.17, 15) is 53.1 Å². The molecule has 0 aromatic carbocycles. The van der Waals surface area contributed by atoms with E-state index in [-0.39, 0.29) is 45.9 Å². The summed E-state index contributed by atoms with van der Waals surface area (Å²) in [6.45, 7) is 2.03. The Hall–Kier alpha value is -1.96. The van der Waals surface area contributed by atoms with Crippen molar-refractivity contribution in [1.29, 1.82) is 0 Å². The van der Waals surface area contributed by atoms with Crippen LogP contribution in [0.25, 0.3) is 0 Å². The molecular formula is C29H45F11O8. The summed E-state index contributed by atoms with van der Waals surface area (Å²) in [7, 11) is 1.53. The molecule has 0 radical (unpaired) electrons. The fourth-order valence-electron chi connectivity index (χ4n) is 3.62. The van der Waals surface area contributed by atoms with Gasteiger partial charge in [0.05, 0.1) is 72.1 Å². The molecule has 0 fully saturated rings. The van der Waals surface area contributed by atoms with Crippen molar-refractivity contribution in [2.24, 2.45) is 0 Å². The normalized spacial score (nSPS) is 13.6. The highest BCUT2D eigenvalue weighted by Gasteiger charge is 2.88. The first-order valence-electron chi connectivity index (χ1n) is 15.3. The van der Waals surface area contributed by atoms with Gasteiger partial charge in [-0.15, -0.1) is 0 Å². The fraction of sp³-hybridized carbons (Fsp3) is 0.897. The lowest BCUT2D eigenvalue weighted by molar-refractivity contribution is -0.420. The monoisotopic (exact) mass is 730 g/mol. The van der Waals surface area contributed by atoms with Crippen molar-refractivity contribution in [3.8, 4) is 0 Å². The molecule has 0 rings (SSSR count). The average Bonchev–Trinajstić information content (AvgIpc) is 3.00. The smallest absolute Gasteiger partial charge is 0.460 e. The third-order valence-corrected chi connectivity index (χ3v) is 6.37. The van der Waals surface area contributed by atoms with Gasteiger partial charge < -0.3 is 33.2 Å². The third kappa shape index (κ3) is 15.7. The highest BCUT2D eigenvalue weighted by Crippen LogP contribution is 2.58. The van der Waals surface area contributed by atoms with Crippen molar-refractivity contribution in [3.05, 3.63) is 11.8 Å². The Morgan fingerprint density at radius 1 is 0.500 bits per heavy atom. The zero-order valence-electron chi connectivity index (χ0n) is 26.9. The number of hydrogen-bond acceptors (Lipinski definition) is 8. The molecule has 0 atom stereocenters. The number of unbranched alkanes of at least 4 members (excludes halogenated alkanes) is 7. The molecule has 0 amide bonds. The quantitative estimate of drug-likeness (QED) is 0.0249. The molecule has 0 spiro atoms. The van der Waals surface area contributed by atoms with Crippen LogP contribution in [0.5, 0.6) is 0 Å². The second-order valence-electron chi connectivity index (χ2n) is 10.2. The largest absolute Gasteiger partial charge is 0.491 e. The molecule has 0 heterocycles. The van der Waals surface area contributed by atoms with Gasteiger partial charge in [-0.05, 0) is 6.42 Å². The van der Waals surface area contributed by atoms with Crippen LogP contribution in [0.1, 0.15) is 58.3 Å². The highest BCUT2D eigenvalue weighted by molar-refractivity contribution is 5.82. The van der Waals surface area contributed by atoms with E-state index in [1.54, 1.807) is 0 Å². The van der Waals surface area contributed by atoms with Crippen LogP contribution in [0.2, 0.25) is 0 Å².